The summed E-state index contributed by atoms with van der Waals surface area (Å²) in [6.45, 7) is 0.297. The fourth-order valence-corrected chi connectivity index (χ4v) is 2.84. The van der Waals surface area contributed by atoms with Crippen molar-refractivity contribution in [3.8, 4) is 29.1 Å². The van der Waals surface area contributed by atoms with Gasteiger partial charge in [0, 0.05) is 20.0 Å². The highest BCUT2D eigenvalue weighted by Gasteiger charge is 2.16. The molecule has 31 heavy (non-hydrogen) atoms. The van der Waals surface area contributed by atoms with Gasteiger partial charge in [0.1, 0.15) is 23.9 Å². The molecular formula is C26H24O5. The first-order chi connectivity index (χ1) is 15.1. The number of aliphatic carboxylic acids is 1. The summed E-state index contributed by atoms with van der Waals surface area (Å²) in [6.07, 6.45) is 0.0998. The molecular weight excluding hydrogens is 392 g/mol. The van der Waals surface area contributed by atoms with Gasteiger partial charge in [-0.25, -0.2) is 4.79 Å². The van der Waals surface area contributed by atoms with Crippen LogP contribution in [0.15, 0.2) is 78.9 Å². The van der Waals surface area contributed by atoms with E-state index < -0.39 is 12.1 Å². The lowest BCUT2D eigenvalue weighted by Gasteiger charge is -2.10. The number of carboxylic acid groups (broad SMARTS) is 1. The van der Waals surface area contributed by atoms with Gasteiger partial charge in [0.15, 0.2) is 6.10 Å². The molecule has 0 saturated carbocycles. The van der Waals surface area contributed by atoms with Gasteiger partial charge in [0.2, 0.25) is 0 Å². The molecule has 1 atom stereocenters. The Labute approximate surface area is 182 Å². The first kappa shape index (κ1) is 21.9. The Hall–Kier alpha value is -3.75. The van der Waals surface area contributed by atoms with E-state index in [-0.39, 0.29) is 0 Å². The molecule has 5 nitrogen and oxygen atoms in total. The van der Waals surface area contributed by atoms with Crippen molar-refractivity contribution in [1.29, 1.82) is 0 Å². The van der Waals surface area contributed by atoms with Crippen LogP contribution in [0.1, 0.15) is 11.1 Å². The topological polar surface area (TPSA) is 65.0 Å². The second kappa shape index (κ2) is 11.4. The zero-order valence-electron chi connectivity index (χ0n) is 17.3. The van der Waals surface area contributed by atoms with Crippen molar-refractivity contribution in [1.82, 2.24) is 0 Å². The van der Waals surface area contributed by atoms with Crippen molar-refractivity contribution in [2.75, 3.05) is 13.7 Å². The second-order valence-corrected chi connectivity index (χ2v) is 6.79. The van der Waals surface area contributed by atoms with Crippen LogP contribution >= 0.6 is 0 Å². The summed E-state index contributed by atoms with van der Waals surface area (Å²) in [5.41, 5.74) is 1.97. The Kier molecular flexibility index (Phi) is 8.10. The molecule has 3 aromatic carbocycles. The van der Waals surface area contributed by atoms with Crippen molar-refractivity contribution in [2.45, 2.75) is 18.9 Å². The summed E-state index contributed by atoms with van der Waals surface area (Å²) < 4.78 is 16.4. The minimum atomic E-state index is -0.962. The normalized spacial score (nSPS) is 11.1. The molecule has 0 fully saturated rings. The Morgan fingerprint density at radius 3 is 2.10 bits per heavy atom. The van der Waals surface area contributed by atoms with E-state index in [9.17, 15) is 4.79 Å². The van der Waals surface area contributed by atoms with Gasteiger partial charge in [0.05, 0.1) is 0 Å². The van der Waals surface area contributed by atoms with E-state index in [1.165, 1.54) is 7.11 Å². The Morgan fingerprint density at radius 2 is 1.45 bits per heavy atom. The quantitative estimate of drug-likeness (QED) is 0.510. The lowest BCUT2D eigenvalue weighted by Crippen LogP contribution is -2.24. The average molecular weight is 416 g/mol. The molecule has 0 amide bonds. The molecule has 3 rings (SSSR count). The van der Waals surface area contributed by atoms with E-state index in [4.69, 9.17) is 19.3 Å². The van der Waals surface area contributed by atoms with E-state index in [1.807, 2.05) is 78.9 Å². The molecule has 0 unspecified atom stereocenters. The van der Waals surface area contributed by atoms with Gasteiger partial charge in [-0.2, -0.15) is 0 Å². The molecule has 0 spiro atoms. The summed E-state index contributed by atoms with van der Waals surface area (Å²) in [5, 5.41) is 9.05. The van der Waals surface area contributed by atoms with Gasteiger partial charge in [-0.15, -0.1) is 0 Å². The predicted molar refractivity (Wildman–Crippen MR) is 119 cm³/mol. The van der Waals surface area contributed by atoms with Crippen LogP contribution in [0.3, 0.4) is 0 Å². The van der Waals surface area contributed by atoms with Gasteiger partial charge in [-0.3, -0.25) is 0 Å². The number of rotatable bonds is 9. The van der Waals surface area contributed by atoms with Gasteiger partial charge < -0.3 is 19.3 Å². The molecule has 0 radical (unpaired) electrons. The molecule has 0 heterocycles. The van der Waals surface area contributed by atoms with E-state index in [1.54, 1.807) is 0 Å². The number of para-hydroxylation sites is 1. The van der Waals surface area contributed by atoms with Crippen molar-refractivity contribution < 1.29 is 24.1 Å². The van der Waals surface area contributed by atoms with E-state index in [2.05, 4.69) is 11.8 Å². The number of benzene rings is 3. The van der Waals surface area contributed by atoms with Crippen LogP contribution in [0.5, 0.6) is 17.2 Å². The first-order valence-electron chi connectivity index (χ1n) is 9.89. The summed E-state index contributed by atoms with van der Waals surface area (Å²) in [7, 11) is 1.40. The summed E-state index contributed by atoms with van der Waals surface area (Å²) in [6, 6.07) is 24.7. The maximum absolute atomic E-state index is 11.0. The fourth-order valence-electron chi connectivity index (χ4n) is 2.84. The minimum Gasteiger partial charge on any atom is -0.481 e. The van der Waals surface area contributed by atoms with E-state index in [0.717, 1.165) is 28.4 Å². The summed E-state index contributed by atoms with van der Waals surface area (Å²) in [4.78, 5) is 11.0. The smallest absolute Gasteiger partial charge is 0.333 e. The molecule has 5 heteroatoms. The first-order valence-corrected chi connectivity index (χ1v) is 9.89. The Bertz CT molecular complexity index is 1020. The van der Waals surface area contributed by atoms with Crippen LogP contribution in [0.4, 0.5) is 0 Å². The van der Waals surface area contributed by atoms with Gasteiger partial charge in [0.25, 0.3) is 0 Å². The molecule has 1 N–H and O–H groups in total. The van der Waals surface area contributed by atoms with Crippen molar-refractivity contribution in [3.05, 3.63) is 90.0 Å². The van der Waals surface area contributed by atoms with Crippen LogP contribution in [0.25, 0.3) is 0 Å². The SMILES string of the molecule is CO[C@@H](Cc1ccc(CC#CCOc2ccc(Oc3ccccc3)cc2)cc1)C(=O)O. The average Bonchev–Trinajstić information content (AvgIpc) is 2.80. The largest absolute Gasteiger partial charge is 0.481 e. The van der Waals surface area contributed by atoms with Crippen LogP contribution in [-0.4, -0.2) is 30.9 Å². The van der Waals surface area contributed by atoms with Crippen LogP contribution in [0, 0.1) is 11.8 Å². The van der Waals surface area contributed by atoms with Gasteiger partial charge in [-0.1, -0.05) is 54.3 Å². The lowest BCUT2D eigenvalue weighted by atomic mass is 10.0. The molecule has 0 bridgehead atoms. The third-order valence-electron chi connectivity index (χ3n) is 4.54. The lowest BCUT2D eigenvalue weighted by molar-refractivity contribution is -0.148. The highest BCUT2D eigenvalue weighted by molar-refractivity contribution is 5.72. The second-order valence-electron chi connectivity index (χ2n) is 6.79. The molecule has 158 valence electrons. The van der Waals surface area contributed by atoms with Crippen LogP contribution in [0.2, 0.25) is 0 Å². The zero-order chi connectivity index (χ0) is 21.9. The number of hydrogen-bond acceptors (Lipinski definition) is 4. The predicted octanol–water partition coefficient (Wildman–Crippen LogP) is 4.75. The third kappa shape index (κ3) is 7.22. The van der Waals surface area contributed by atoms with E-state index in [0.29, 0.717) is 19.4 Å². The Balaban J connectivity index is 1.42. The van der Waals surface area contributed by atoms with E-state index >= 15 is 0 Å². The molecule has 3 aromatic rings. The van der Waals surface area contributed by atoms with Crippen LogP contribution in [-0.2, 0) is 22.4 Å². The van der Waals surface area contributed by atoms with Gasteiger partial charge >= 0.3 is 5.97 Å². The van der Waals surface area contributed by atoms with Crippen molar-refractivity contribution in [3.63, 3.8) is 0 Å². The maximum atomic E-state index is 11.0. The number of ether oxygens (including phenoxy) is 3. The molecule has 0 aliphatic rings. The number of methoxy groups -OCH3 is 1. The molecule has 0 aliphatic heterocycles. The van der Waals surface area contributed by atoms with Crippen molar-refractivity contribution in [2.24, 2.45) is 0 Å². The highest BCUT2D eigenvalue weighted by atomic mass is 16.5. The maximum Gasteiger partial charge on any atom is 0.333 e. The number of carbonyl (C=O) groups is 1. The molecule has 0 aliphatic carbocycles. The van der Waals surface area contributed by atoms with Crippen molar-refractivity contribution >= 4 is 5.97 Å². The number of hydrogen-bond donors (Lipinski definition) is 1. The van der Waals surface area contributed by atoms with Gasteiger partial charge in [-0.05, 0) is 47.5 Å². The monoisotopic (exact) mass is 416 g/mol. The zero-order valence-corrected chi connectivity index (χ0v) is 17.3. The highest BCUT2D eigenvalue weighted by Crippen LogP contribution is 2.23. The van der Waals surface area contributed by atoms with Crippen LogP contribution < -0.4 is 9.47 Å². The third-order valence-corrected chi connectivity index (χ3v) is 4.54. The minimum absolute atomic E-state index is 0.297. The molecule has 0 saturated heterocycles. The molecule has 0 aromatic heterocycles. The number of carboxylic acids is 1. The summed E-state index contributed by atoms with van der Waals surface area (Å²) in [5.74, 6) is 7.39. The Morgan fingerprint density at radius 1 is 0.839 bits per heavy atom. The summed E-state index contributed by atoms with van der Waals surface area (Å²) >= 11 is 0. The standard InChI is InChI=1S/C26H24O5/c1-29-25(26(27)28)19-21-12-10-20(11-13-21)7-5-6-18-30-22-14-16-24(17-15-22)31-23-8-3-2-4-9-23/h2-4,8-17,25H,7,18-19H2,1H3,(H,27,28)/t25-/m0/s1. The fraction of sp³-hybridized carbons (Fsp3) is 0.192.